The number of thiocarbonyl (C=S) groups is 1. The number of esters is 1. The lowest BCUT2D eigenvalue weighted by molar-refractivity contribution is -0.142. The molecule has 1 aliphatic rings. The first kappa shape index (κ1) is 20.1. The fourth-order valence-electron chi connectivity index (χ4n) is 2.52. The van der Waals surface area contributed by atoms with Crippen molar-refractivity contribution in [3.05, 3.63) is 64.6 Å². The Morgan fingerprint density at radius 1 is 1.18 bits per heavy atom. The Morgan fingerprint density at radius 3 is 2.32 bits per heavy atom. The van der Waals surface area contributed by atoms with Crippen LogP contribution in [0.5, 0.6) is 11.5 Å². The van der Waals surface area contributed by atoms with Crippen LogP contribution in [0.2, 0.25) is 0 Å². The van der Waals surface area contributed by atoms with Gasteiger partial charge in [-0.2, -0.15) is 0 Å². The third-order valence-electron chi connectivity index (χ3n) is 3.94. The third-order valence-corrected chi connectivity index (χ3v) is 5.10. The van der Waals surface area contributed by atoms with Gasteiger partial charge in [0.25, 0.3) is 5.91 Å². The quantitative estimate of drug-likeness (QED) is 0.427. The summed E-state index contributed by atoms with van der Waals surface area (Å²) in [6.07, 6.45) is 2.17. The van der Waals surface area contributed by atoms with E-state index in [9.17, 15) is 9.59 Å². The van der Waals surface area contributed by atoms with Crippen molar-refractivity contribution in [1.29, 1.82) is 0 Å². The zero-order valence-corrected chi connectivity index (χ0v) is 16.6. The topological polar surface area (TPSA) is 90.7 Å². The van der Waals surface area contributed by atoms with Crippen molar-refractivity contribution < 1.29 is 19.1 Å². The van der Waals surface area contributed by atoms with E-state index in [1.807, 2.05) is 48.5 Å². The van der Waals surface area contributed by atoms with E-state index >= 15 is 0 Å². The molecule has 6 nitrogen and oxygen atoms in total. The molecule has 0 aromatic heterocycles. The summed E-state index contributed by atoms with van der Waals surface area (Å²) < 4.78 is 10.9. The third kappa shape index (κ3) is 5.19. The van der Waals surface area contributed by atoms with Gasteiger partial charge in [0.15, 0.2) is 0 Å². The Labute approximate surface area is 172 Å². The number of nitrogens with one attached hydrogen (secondary N) is 1. The number of carbonyl (C=O) groups excluding carboxylic acids is 2. The molecule has 1 heterocycles. The highest BCUT2D eigenvalue weighted by atomic mass is 32.2. The van der Waals surface area contributed by atoms with Gasteiger partial charge in [-0.25, -0.2) is 0 Å². The minimum atomic E-state index is -0.687. The van der Waals surface area contributed by atoms with Gasteiger partial charge in [-0.05, 0) is 47.9 Å². The molecule has 3 rings (SSSR count). The minimum Gasteiger partial charge on any atom is -0.468 e. The summed E-state index contributed by atoms with van der Waals surface area (Å²) in [4.78, 5) is 23.7. The molecule has 1 amide bonds. The van der Waals surface area contributed by atoms with Crippen molar-refractivity contribution in [3.8, 4) is 11.5 Å². The maximum atomic E-state index is 11.7. The van der Waals surface area contributed by atoms with Gasteiger partial charge in [0.1, 0.15) is 21.9 Å². The molecule has 0 bridgehead atoms. The molecule has 1 fully saturated rings. The monoisotopic (exact) mass is 414 g/mol. The summed E-state index contributed by atoms with van der Waals surface area (Å²) in [5.74, 6) is 0.714. The molecule has 0 saturated carbocycles. The fraction of sp³-hybridized carbons (Fsp3) is 0.150. The summed E-state index contributed by atoms with van der Waals surface area (Å²) >= 11 is 6.22. The van der Waals surface area contributed by atoms with Crippen LogP contribution < -0.4 is 15.8 Å². The number of carbonyl (C=O) groups is 2. The van der Waals surface area contributed by atoms with Gasteiger partial charge >= 0.3 is 5.97 Å². The second-order valence-electron chi connectivity index (χ2n) is 6.00. The molecule has 1 aliphatic heterocycles. The Hall–Kier alpha value is -2.68. The van der Waals surface area contributed by atoms with Gasteiger partial charge in [0.2, 0.25) is 0 Å². The maximum absolute atomic E-state index is 11.7. The van der Waals surface area contributed by atoms with Crippen LogP contribution in [0.4, 0.5) is 0 Å². The Morgan fingerprint density at radius 2 is 1.79 bits per heavy atom. The van der Waals surface area contributed by atoms with E-state index in [2.05, 4.69) is 10.1 Å². The SMILES string of the molecule is COC(=O)[C@@H](N)Cc1ccc(Oc2ccc(C=C3SC(=S)NC3=O)cc2)cc1. The Bertz CT molecular complexity index is 924. The van der Waals surface area contributed by atoms with Crippen LogP contribution in [0.25, 0.3) is 6.08 Å². The lowest BCUT2D eigenvalue weighted by Crippen LogP contribution is -2.33. The predicted molar refractivity (Wildman–Crippen MR) is 113 cm³/mol. The van der Waals surface area contributed by atoms with Crippen LogP contribution >= 0.6 is 24.0 Å². The minimum absolute atomic E-state index is 0.178. The van der Waals surface area contributed by atoms with Gasteiger partial charge in [-0.1, -0.05) is 48.2 Å². The van der Waals surface area contributed by atoms with Gasteiger partial charge in [-0.3, -0.25) is 9.59 Å². The van der Waals surface area contributed by atoms with Gasteiger partial charge < -0.3 is 20.5 Å². The molecule has 8 heteroatoms. The number of thioether (sulfide) groups is 1. The maximum Gasteiger partial charge on any atom is 0.322 e. The normalized spacial score (nSPS) is 16.0. The fourth-order valence-corrected chi connectivity index (χ4v) is 3.57. The molecule has 144 valence electrons. The van der Waals surface area contributed by atoms with Crippen molar-refractivity contribution in [3.63, 3.8) is 0 Å². The van der Waals surface area contributed by atoms with Gasteiger partial charge in [0.05, 0.1) is 12.0 Å². The largest absolute Gasteiger partial charge is 0.468 e. The smallest absolute Gasteiger partial charge is 0.322 e. The highest BCUT2D eigenvalue weighted by Gasteiger charge is 2.21. The first-order chi connectivity index (χ1) is 13.4. The molecule has 1 atom stereocenters. The van der Waals surface area contributed by atoms with Crippen molar-refractivity contribution in [1.82, 2.24) is 5.32 Å². The van der Waals surface area contributed by atoms with Crippen LogP contribution in [-0.4, -0.2) is 29.3 Å². The highest BCUT2D eigenvalue weighted by Crippen LogP contribution is 2.27. The van der Waals surface area contributed by atoms with E-state index in [0.29, 0.717) is 27.1 Å². The average molecular weight is 415 g/mol. The van der Waals surface area contributed by atoms with E-state index in [1.165, 1.54) is 18.9 Å². The molecular weight excluding hydrogens is 396 g/mol. The number of hydrogen-bond acceptors (Lipinski definition) is 7. The van der Waals surface area contributed by atoms with Crippen LogP contribution in [0.1, 0.15) is 11.1 Å². The van der Waals surface area contributed by atoms with Crippen molar-refractivity contribution in [2.45, 2.75) is 12.5 Å². The summed E-state index contributed by atoms with van der Waals surface area (Å²) in [5, 5.41) is 2.59. The Balaban J connectivity index is 1.61. The van der Waals surface area contributed by atoms with E-state index in [1.54, 1.807) is 6.08 Å². The second kappa shape index (κ2) is 9.01. The van der Waals surface area contributed by atoms with E-state index in [-0.39, 0.29) is 5.91 Å². The predicted octanol–water partition coefficient (Wildman–Crippen LogP) is 3.01. The lowest BCUT2D eigenvalue weighted by Gasteiger charge is -2.10. The highest BCUT2D eigenvalue weighted by molar-refractivity contribution is 8.26. The number of amides is 1. The molecule has 2 aromatic carbocycles. The number of nitrogens with two attached hydrogens (primary N) is 1. The van der Waals surface area contributed by atoms with Crippen LogP contribution in [0.3, 0.4) is 0 Å². The standard InChI is InChI=1S/C20H18N2O4S2/c1-25-19(24)16(21)10-12-2-6-14(7-3-12)26-15-8-4-13(5-9-15)11-17-18(23)22-20(27)28-17/h2-9,11,16H,10,21H2,1H3,(H,22,23,27)/t16-/m0/s1. The summed E-state index contributed by atoms with van der Waals surface area (Å²) in [5.41, 5.74) is 7.56. The molecule has 0 spiro atoms. The number of ether oxygens (including phenoxy) is 2. The van der Waals surface area contributed by atoms with E-state index in [4.69, 9.17) is 22.7 Å². The molecule has 28 heavy (non-hydrogen) atoms. The van der Waals surface area contributed by atoms with Crippen molar-refractivity contribution in [2.24, 2.45) is 5.73 Å². The number of rotatable bonds is 6. The van der Waals surface area contributed by atoms with Gasteiger partial charge in [-0.15, -0.1) is 0 Å². The van der Waals surface area contributed by atoms with Crippen LogP contribution in [0, 0.1) is 0 Å². The molecule has 2 aromatic rings. The molecule has 3 N–H and O–H groups in total. The summed E-state index contributed by atoms with van der Waals surface area (Å²) in [7, 11) is 1.32. The van der Waals surface area contributed by atoms with Gasteiger partial charge in [0, 0.05) is 0 Å². The molecular formula is C20H18N2O4S2. The second-order valence-corrected chi connectivity index (χ2v) is 7.72. The number of methoxy groups -OCH3 is 1. The van der Waals surface area contributed by atoms with E-state index < -0.39 is 12.0 Å². The first-order valence-corrected chi connectivity index (χ1v) is 9.62. The average Bonchev–Trinajstić information content (AvgIpc) is 3.01. The Kier molecular flexibility index (Phi) is 6.45. The molecule has 0 radical (unpaired) electrons. The lowest BCUT2D eigenvalue weighted by atomic mass is 10.1. The first-order valence-electron chi connectivity index (χ1n) is 8.40. The number of benzene rings is 2. The molecule has 0 aliphatic carbocycles. The molecule has 1 saturated heterocycles. The summed E-state index contributed by atoms with van der Waals surface area (Å²) in [6.45, 7) is 0. The van der Waals surface area contributed by atoms with Crippen LogP contribution in [0.15, 0.2) is 53.4 Å². The van der Waals surface area contributed by atoms with Crippen molar-refractivity contribution in [2.75, 3.05) is 7.11 Å². The zero-order chi connectivity index (χ0) is 20.1. The van der Waals surface area contributed by atoms with E-state index in [0.717, 1.165) is 11.1 Å². The molecule has 0 unspecified atom stereocenters. The summed E-state index contributed by atoms with van der Waals surface area (Å²) in [6, 6.07) is 14.0. The van der Waals surface area contributed by atoms with Crippen molar-refractivity contribution >= 4 is 46.3 Å². The zero-order valence-electron chi connectivity index (χ0n) is 15.0. The number of hydrogen-bond donors (Lipinski definition) is 2. The van der Waals surface area contributed by atoms with Crippen LogP contribution in [-0.2, 0) is 20.7 Å².